The fraction of sp³-hybridized carbons (Fsp3) is 0.200. The fourth-order valence-corrected chi connectivity index (χ4v) is 4.93. The number of carbonyl (C=O) groups excluding carboxylic acids is 2. The minimum Gasteiger partial charge on any atom is -0.489 e. The number of ether oxygens (including phenoxy) is 2. The van der Waals surface area contributed by atoms with Gasteiger partial charge in [-0.15, -0.1) is 0 Å². The van der Waals surface area contributed by atoms with E-state index >= 15 is 0 Å². The van der Waals surface area contributed by atoms with E-state index in [2.05, 4.69) is 11.4 Å². The summed E-state index contributed by atoms with van der Waals surface area (Å²) in [6.45, 7) is 6.29. The number of Topliss-reactive ketones (excluding diaryl/α,β-unsaturated/α-hetero) is 1. The number of dihydropyridines is 1. The van der Waals surface area contributed by atoms with Crippen LogP contribution in [0.4, 0.5) is 0 Å². The lowest BCUT2D eigenvalue weighted by molar-refractivity contribution is -0.138. The highest BCUT2D eigenvalue weighted by atomic mass is 16.5. The summed E-state index contributed by atoms with van der Waals surface area (Å²) in [5, 5.41) is 3.33. The Balaban J connectivity index is 1.62. The lowest BCUT2D eigenvalue weighted by atomic mass is 9.79. The van der Waals surface area contributed by atoms with E-state index in [1.54, 1.807) is 6.92 Å². The van der Waals surface area contributed by atoms with Crippen LogP contribution < -0.4 is 10.1 Å². The Morgan fingerprint density at radius 1 is 0.943 bits per heavy atom. The average Bonchev–Trinajstić information content (AvgIpc) is 3.14. The molecular formula is C30H27NO4. The van der Waals surface area contributed by atoms with Crippen LogP contribution in [0.15, 0.2) is 89.6 Å². The molecule has 0 saturated heterocycles. The van der Waals surface area contributed by atoms with Gasteiger partial charge in [-0.1, -0.05) is 72.3 Å². The minimum atomic E-state index is -0.612. The number of para-hydroxylation sites is 1. The molecule has 0 radical (unpaired) electrons. The Kier molecular flexibility index (Phi) is 6.00. The second-order valence-electron chi connectivity index (χ2n) is 8.80. The van der Waals surface area contributed by atoms with Gasteiger partial charge in [-0.2, -0.15) is 0 Å². The summed E-state index contributed by atoms with van der Waals surface area (Å²) in [4.78, 5) is 26.9. The van der Waals surface area contributed by atoms with E-state index in [0.29, 0.717) is 34.8 Å². The molecule has 0 fully saturated rings. The van der Waals surface area contributed by atoms with Crippen molar-refractivity contribution in [2.24, 2.45) is 0 Å². The van der Waals surface area contributed by atoms with Crippen molar-refractivity contribution in [3.63, 3.8) is 0 Å². The standard InChI is InChI=1S/C30H27NO4/c1-4-34-30(33)25-19(3)31-28-21-12-5-6-13-22(21)29(32)27(28)26(25)23-14-7-8-15-24(23)35-17-20-11-9-10-18(2)16-20/h5-16,26,31H,4,17H2,1-3H3/t26-/m1/s1. The average molecular weight is 466 g/mol. The Labute approximate surface area is 205 Å². The molecule has 3 aromatic rings. The van der Waals surface area contributed by atoms with Gasteiger partial charge in [0.15, 0.2) is 5.78 Å². The van der Waals surface area contributed by atoms with Gasteiger partial charge in [0, 0.05) is 28.0 Å². The second kappa shape index (κ2) is 9.26. The molecule has 176 valence electrons. The van der Waals surface area contributed by atoms with Gasteiger partial charge < -0.3 is 14.8 Å². The number of aryl methyl sites for hydroxylation is 1. The summed E-state index contributed by atoms with van der Waals surface area (Å²) in [5.74, 6) is -0.507. The van der Waals surface area contributed by atoms with Gasteiger partial charge >= 0.3 is 5.97 Å². The maximum atomic E-state index is 13.7. The zero-order valence-electron chi connectivity index (χ0n) is 20.1. The van der Waals surface area contributed by atoms with Gasteiger partial charge in [-0.3, -0.25) is 4.79 Å². The molecule has 1 aliphatic heterocycles. The Bertz CT molecular complexity index is 1400. The Morgan fingerprint density at radius 2 is 1.69 bits per heavy atom. The van der Waals surface area contributed by atoms with Crippen molar-refractivity contribution in [2.45, 2.75) is 33.3 Å². The maximum Gasteiger partial charge on any atom is 0.336 e. The Morgan fingerprint density at radius 3 is 2.46 bits per heavy atom. The quantitative estimate of drug-likeness (QED) is 0.473. The van der Waals surface area contributed by atoms with Gasteiger partial charge in [-0.25, -0.2) is 4.79 Å². The predicted octanol–water partition coefficient (Wildman–Crippen LogP) is 5.71. The molecule has 1 heterocycles. The maximum absolute atomic E-state index is 13.7. The van der Waals surface area contributed by atoms with Crippen LogP contribution in [0.25, 0.3) is 5.70 Å². The van der Waals surface area contributed by atoms with Crippen LogP contribution in [0.5, 0.6) is 5.75 Å². The van der Waals surface area contributed by atoms with E-state index < -0.39 is 11.9 Å². The molecule has 5 heteroatoms. The molecule has 0 bridgehead atoms. The van der Waals surface area contributed by atoms with Gasteiger partial charge in [0.25, 0.3) is 0 Å². The molecule has 1 aliphatic carbocycles. The summed E-state index contributed by atoms with van der Waals surface area (Å²) < 4.78 is 11.7. The van der Waals surface area contributed by atoms with Crippen LogP contribution in [-0.2, 0) is 16.1 Å². The van der Waals surface area contributed by atoms with E-state index in [0.717, 1.165) is 28.0 Å². The van der Waals surface area contributed by atoms with E-state index in [1.165, 1.54) is 0 Å². The number of benzene rings is 3. The van der Waals surface area contributed by atoms with Crippen LogP contribution in [0.3, 0.4) is 0 Å². The predicted molar refractivity (Wildman–Crippen MR) is 135 cm³/mol. The number of rotatable bonds is 6. The van der Waals surface area contributed by atoms with Crippen LogP contribution in [-0.4, -0.2) is 18.4 Å². The number of hydrogen-bond donors (Lipinski definition) is 1. The highest BCUT2D eigenvalue weighted by molar-refractivity contribution is 6.23. The van der Waals surface area contributed by atoms with Gasteiger partial charge in [0.05, 0.1) is 23.8 Å². The molecule has 0 unspecified atom stereocenters. The third-order valence-electron chi connectivity index (χ3n) is 6.45. The molecular weight excluding hydrogens is 438 g/mol. The minimum absolute atomic E-state index is 0.0871. The molecule has 5 rings (SSSR count). The molecule has 0 aromatic heterocycles. The molecule has 2 aliphatic rings. The summed E-state index contributed by atoms with van der Waals surface area (Å²) in [5.41, 5.74) is 6.84. The molecule has 5 nitrogen and oxygen atoms in total. The topological polar surface area (TPSA) is 64.6 Å². The normalized spacial score (nSPS) is 16.5. The van der Waals surface area contributed by atoms with Gasteiger partial charge in [0.2, 0.25) is 0 Å². The molecule has 1 atom stereocenters. The number of esters is 1. The van der Waals surface area contributed by atoms with Crippen molar-refractivity contribution in [1.82, 2.24) is 5.32 Å². The lowest BCUT2D eigenvalue weighted by Crippen LogP contribution is -2.29. The largest absolute Gasteiger partial charge is 0.489 e. The fourth-order valence-electron chi connectivity index (χ4n) is 4.93. The highest BCUT2D eigenvalue weighted by Crippen LogP contribution is 2.48. The number of fused-ring (bicyclic) bond motifs is 2. The SMILES string of the molecule is CCOC(=O)C1=C(C)NC2=C(C(=O)c3ccccc32)[C@@H]1c1ccccc1OCc1cccc(C)c1. The van der Waals surface area contributed by atoms with Gasteiger partial charge in [0.1, 0.15) is 12.4 Å². The van der Waals surface area contributed by atoms with Crippen LogP contribution >= 0.6 is 0 Å². The van der Waals surface area contributed by atoms with Crippen molar-refractivity contribution in [2.75, 3.05) is 6.61 Å². The molecule has 3 aromatic carbocycles. The molecule has 0 saturated carbocycles. The molecule has 35 heavy (non-hydrogen) atoms. The molecule has 0 spiro atoms. The number of ketones is 1. The first-order valence-corrected chi connectivity index (χ1v) is 11.8. The first kappa shape index (κ1) is 22.7. The zero-order valence-corrected chi connectivity index (χ0v) is 20.1. The van der Waals surface area contributed by atoms with Crippen molar-refractivity contribution in [1.29, 1.82) is 0 Å². The number of carbonyl (C=O) groups is 2. The third-order valence-corrected chi connectivity index (χ3v) is 6.45. The van der Waals surface area contributed by atoms with E-state index in [9.17, 15) is 9.59 Å². The third kappa shape index (κ3) is 4.03. The van der Waals surface area contributed by atoms with Crippen LogP contribution in [0.2, 0.25) is 0 Å². The number of allylic oxidation sites excluding steroid dienone is 2. The molecule has 1 N–H and O–H groups in total. The first-order valence-electron chi connectivity index (χ1n) is 11.8. The summed E-state index contributed by atoms with van der Waals surface area (Å²) in [6.07, 6.45) is 0. The van der Waals surface area contributed by atoms with Crippen LogP contribution in [0.1, 0.15) is 52.4 Å². The summed E-state index contributed by atoms with van der Waals surface area (Å²) >= 11 is 0. The Hall–Kier alpha value is -4.12. The van der Waals surface area contributed by atoms with Crippen molar-refractivity contribution < 1.29 is 19.1 Å². The van der Waals surface area contributed by atoms with E-state index in [1.807, 2.05) is 80.6 Å². The van der Waals surface area contributed by atoms with Crippen molar-refractivity contribution in [3.8, 4) is 5.75 Å². The van der Waals surface area contributed by atoms with Crippen LogP contribution in [0, 0.1) is 6.92 Å². The highest BCUT2D eigenvalue weighted by Gasteiger charge is 2.43. The summed E-state index contributed by atoms with van der Waals surface area (Å²) in [6, 6.07) is 23.3. The number of hydrogen-bond acceptors (Lipinski definition) is 5. The van der Waals surface area contributed by atoms with Gasteiger partial charge in [-0.05, 0) is 32.4 Å². The monoisotopic (exact) mass is 465 g/mol. The van der Waals surface area contributed by atoms with E-state index in [4.69, 9.17) is 9.47 Å². The zero-order chi connectivity index (χ0) is 24.5. The summed E-state index contributed by atoms with van der Waals surface area (Å²) in [7, 11) is 0. The smallest absolute Gasteiger partial charge is 0.336 e. The van der Waals surface area contributed by atoms with Crippen molar-refractivity contribution >= 4 is 17.4 Å². The first-order chi connectivity index (χ1) is 17.0. The second-order valence-corrected chi connectivity index (χ2v) is 8.80. The van der Waals surface area contributed by atoms with Crippen molar-refractivity contribution in [3.05, 3.63) is 117 Å². The molecule has 0 amide bonds. The van der Waals surface area contributed by atoms with E-state index in [-0.39, 0.29) is 12.4 Å². The lowest BCUT2D eigenvalue weighted by Gasteiger charge is -2.30. The number of nitrogens with one attached hydrogen (secondary N) is 1.